The first kappa shape index (κ1) is 16.8. The Morgan fingerprint density at radius 3 is 2.13 bits per heavy atom. The lowest BCUT2D eigenvalue weighted by molar-refractivity contribution is 0.484. The molecule has 5 heteroatoms. The smallest absolute Gasteiger partial charge is 0.219 e. The molecule has 0 saturated carbocycles. The molecular weight excluding hydrogens is 310 g/mol. The predicted octanol–water partition coefficient (Wildman–Crippen LogP) is 4.40. The summed E-state index contributed by atoms with van der Waals surface area (Å²) in [7, 11) is -3.35. The van der Waals surface area contributed by atoms with Gasteiger partial charge < -0.3 is 4.42 Å². The van der Waals surface area contributed by atoms with Gasteiger partial charge in [-0.25, -0.2) is 8.42 Å². The Bertz CT molecular complexity index is 962. The Morgan fingerprint density at radius 1 is 0.957 bits per heavy atom. The van der Waals surface area contributed by atoms with Crippen LogP contribution in [0.4, 0.5) is 0 Å². The second kappa shape index (κ2) is 6.67. The fourth-order valence-corrected chi connectivity index (χ4v) is 2.70. The number of nitrogens with zero attached hydrogens (tertiary/aromatic N) is 1. The molecule has 118 valence electrons. The van der Waals surface area contributed by atoms with E-state index in [1.807, 2.05) is 38.1 Å². The minimum Gasteiger partial charge on any atom is -0.445 e. The van der Waals surface area contributed by atoms with Crippen molar-refractivity contribution in [1.29, 1.82) is 5.26 Å². The normalized spacial score (nSPS) is 10.7. The minimum atomic E-state index is -3.35. The van der Waals surface area contributed by atoms with Gasteiger partial charge in [0.15, 0.2) is 0 Å². The van der Waals surface area contributed by atoms with Crippen LogP contribution < -0.4 is 0 Å². The van der Waals surface area contributed by atoms with Crippen molar-refractivity contribution >= 4 is 20.8 Å². The molecule has 0 aliphatic heterocycles. The van der Waals surface area contributed by atoms with Gasteiger partial charge in [0.1, 0.15) is 5.58 Å². The van der Waals surface area contributed by atoms with E-state index in [4.69, 9.17) is 9.68 Å². The van der Waals surface area contributed by atoms with E-state index in [0.717, 1.165) is 22.8 Å². The van der Waals surface area contributed by atoms with E-state index < -0.39 is 9.84 Å². The van der Waals surface area contributed by atoms with E-state index in [9.17, 15) is 8.42 Å². The monoisotopic (exact) mass is 327 g/mol. The third kappa shape index (κ3) is 3.61. The maximum atomic E-state index is 11.5. The summed E-state index contributed by atoms with van der Waals surface area (Å²) in [6.45, 7) is 4.00. The van der Waals surface area contributed by atoms with E-state index in [0.29, 0.717) is 11.1 Å². The zero-order valence-corrected chi connectivity index (χ0v) is 14.0. The van der Waals surface area contributed by atoms with Gasteiger partial charge in [-0.3, -0.25) is 0 Å². The van der Waals surface area contributed by atoms with Crippen LogP contribution in [0.25, 0.3) is 22.1 Å². The molecule has 23 heavy (non-hydrogen) atoms. The number of hydrogen-bond acceptors (Lipinski definition) is 4. The van der Waals surface area contributed by atoms with Crippen LogP contribution in [0.15, 0.2) is 58.0 Å². The molecule has 0 N–H and O–H groups in total. The van der Waals surface area contributed by atoms with Gasteiger partial charge in [0.25, 0.3) is 0 Å². The molecule has 0 unspecified atom stereocenters. The highest BCUT2D eigenvalue weighted by molar-refractivity contribution is 7.90. The highest BCUT2D eigenvalue weighted by Crippen LogP contribution is 2.28. The molecule has 4 nitrogen and oxygen atoms in total. The van der Waals surface area contributed by atoms with Crippen LogP contribution in [0.5, 0.6) is 0 Å². The summed E-state index contributed by atoms with van der Waals surface area (Å²) >= 11 is 0. The molecule has 0 spiro atoms. The van der Waals surface area contributed by atoms with Crippen LogP contribution >= 0.6 is 0 Å². The van der Waals surface area contributed by atoms with E-state index in [1.54, 1.807) is 18.2 Å². The molecule has 3 aromatic rings. The minimum absolute atomic E-state index is 0.0329. The summed E-state index contributed by atoms with van der Waals surface area (Å²) in [4.78, 5) is 0. The summed E-state index contributed by atoms with van der Waals surface area (Å²) in [5.41, 5.74) is 3.03. The molecule has 0 amide bonds. The first-order chi connectivity index (χ1) is 11.0. The largest absolute Gasteiger partial charge is 0.445 e. The zero-order valence-electron chi connectivity index (χ0n) is 13.2. The van der Waals surface area contributed by atoms with Crippen LogP contribution in [-0.2, 0) is 9.84 Å². The van der Waals surface area contributed by atoms with Gasteiger partial charge >= 0.3 is 0 Å². The van der Waals surface area contributed by atoms with Gasteiger partial charge in [-0.05, 0) is 35.4 Å². The number of nitriles is 1. The second-order valence-corrected chi connectivity index (χ2v) is 6.73. The van der Waals surface area contributed by atoms with Gasteiger partial charge in [0.2, 0.25) is 14.9 Å². The molecule has 1 heterocycles. The van der Waals surface area contributed by atoms with Gasteiger partial charge in [0.05, 0.1) is 11.6 Å². The van der Waals surface area contributed by atoms with Gasteiger partial charge in [-0.2, -0.15) is 5.26 Å². The summed E-state index contributed by atoms with van der Waals surface area (Å²) < 4.78 is 28.3. The number of furan rings is 1. The quantitative estimate of drug-likeness (QED) is 0.699. The molecule has 0 radical (unpaired) electrons. The molecule has 0 bridgehead atoms. The predicted molar refractivity (Wildman–Crippen MR) is 90.8 cm³/mol. The Balaban J connectivity index is 0.000000924. The van der Waals surface area contributed by atoms with Crippen molar-refractivity contribution < 1.29 is 12.8 Å². The Morgan fingerprint density at radius 2 is 1.57 bits per heavy atom. The fraction of sp³-hybridized carbons (Fsp3) is 0.167. The molecule has 0 saturated heterocycles. The number of fused-ring (bicyclic) bond motifs is 1. The molecule has 0 aliphatic carbocycles. The van der Waals surface area contributed by atoms with E-state index in [1.165, 1.54) is 6.07 Å². The molecule has 0 atom stereocenters. The number of rotatable bonds is 2. The standard InChI is InChI=1S/C16H11NO3S.C2H6/c1-21(18,19)16-9-14-8-13(6-7-15(14)20-16)12-4-2-11(10-17)3-5-12;1-2/h2-9H,1H3;1-2H3. The highest BCUT2D eigenvalue weighted by atomic mass is 32.2. The number of hydrogen-bond donors (Lipinski definition) is 0. The van der Waals surface area contributed by atoms with Gasteiger partial charge in [-0.1, -0.05) is 32.0 Å². The molecule has 0 aliphatic rings. The van der Waals surface area contributed by atoms with Crippen molar-refractivity contribution in [2.45, 2.75) is 18.9 Å². The van der Waals surface area contributed by atoms with E-state index in [2.05, 4.69) is 6.07 Å². The molecule has 3 rings (SSSR count). The van der Waals surface area contributed by atoms with Crippen molar-refractivity contribution in [3.05, 3.63) is 54.1 Å². The first-order valence-electron chi connectivity index (χ1n) is 7.21. The van der Waals surface area contributed by atoms with Crippen molar-refractivity contribution in [2.24, 2.45) is 0 Å². The van der Waals surface area contributed by atoms with Crippen molar-refractivity contribution in [2.75, 3.05) is 6.26 Å². The van der Waals surface area contributed by atoms with Crippen LogP contribution in [0.1, 0.15) is 19.4 Å². The lowest BCUT2D eigenvalue weighted by Crippen LogP contribution is -1.93. The van der Waals surface area contributed by atoms with Gasteiger partial charge in [0, 0.05) is 17.7 Å². The average molecular weight is 327 g/mol. The topological polar surface area (TPSA) is 71.1 Å². The third-order valence-corrected chi connectivity index (χ3v) is 4.14. The van der Waals surface area contributed by atoms with Crippen molar-refractivity contribution in [1.82, 2.24) is 0 Å². The zero-order chi connectivity index (χ0) is 17.0. The van der Waals surface area contributed by atoms with Crippen LogP contribution in [0.3, 0.4) is 0 Å². The third-order valence-electron chi connectivity index (χ3n) is 3.21. The maximum absolute atomic E-state index is 11.5. The maximum Gasteiger partial charge on any atom is 0.219 e. The number of benzene rings is 2. The highest BCUT2D eigenvalue weighted by Gasteiger charge is 2.14. The first-order valence-corrected chi connectivity index (χ1v) is 9.11. The average Bonchev–Trinajstić information content (AvgIpc) is 3.00. The van der Waals surface area contributed by atoms with Crippen LogP contribution in [0, 0.1) is 11.3 Å². The fourth-order valence-electron chi connectivity index (χ4n) is 2.12. The van der Waals surface area contributed by atoms with Crippen molar-refractivity contribution in [3.63, 3.8) is 0 Å². The Labute approximate surface area is 135 Å². The summed E-state index contributed by atoms with van der Waals surface area (Å²) in [5.74, 6) is 0. The summed E-state index contributed by atoms with van der Waals surface area (Å²) in [5, 5.41) is 9.50. The van der Waals surface area contributed by atoms with E-state index in [-0.39, 0.29) is 5.09 Å². The SMILES string of the molecule is CC.CS(=O)(=O)c1cc2cc(-c3ccc(C#N)cc3)ccc2o1. The molecule has 1 aromatic heterocycles. The lowest BCUT2D eigenvalue weighted by atomic mass is 10.0. The number of sulfone groups is 1. The van der Waals surface area contributed by atoms with Gasteiger partial charge in [-0.15, -0.1) is 0 Å². The Kier molecular flexibility index (Phi) is 4.87. The molecule has 0 fully saturated rings. The summed E-state index contributed by atoms with van der Waals surface area (Å²) in [6, 6.07) is 16.3. The summed E-state index contributed by atoms with van der Waals surface area (Å²) in [6.07, 6.45) is 1.12. The van der Waals surface area contributed by atoms with Crippen LogP contribution in [0.2, 0.25) is 0 Å². The second-order valence-electron chi connectivity index (χ2n) is 4.78. The Hall–Kier alpha value is -2.58. The van der Waals surface area contributed by atoms with E-state index >= 15 is 0 Å². The molecular formula is C18H17NO3S. The molecule has 2 aromatic carbocycles. The lowest BCUT2D eigenvalue weighted by Gasteiger charge is -2.01. The van der Waals surface area contributed by atoms with Crippen LogP contribution in [-0.4, -0.2) is 14.7 Å². The van der Waals surface area contributed by atoms with Crippen molar-refractivity contribution in [3.8, 4) is 17.2 Å².